The second-order valence-corrected chi connectivity index (χ2v) is 5.06. The lowest BCUT2D eigenvalue weighted by Crippen LogP contribution is -2.06. The van der Waals surface area contributed by atoms with Crippen LogP contribution in [-0.4, -0.2) is 0 Å². The zero-order valence-electron chi connectivity index (χ0n) is 10.2. The van der Waals surface area contributed by atoms with Gasteiger partial charge in [0, 0.05) is 22.1 Å². The maximum atomic E-state index is 13.6. The van der Waals surface area contributed by atoms with Crippen LogP contribution in [0.5, 0.6) is 11.5 Å². The fraction of sp³-hybridized carbons (Fsp3) is 0.143. The summed E-state index contributed by atoms with van der Waals surface area (Å²) in [4.78, 5) is 0. The number of rotatable bonds is 3. The Morgan fingerprint density at radius 2 is 1.84 bits per heavy atom. The van der Waals surface area contributed by atoms with Gasteiger partial charge in [0.25, 0.3) is 0 Å². The molecule has 0 amide bonds. The topological polar surface area (TPSA) is 35.2 Å². The standard InChI is InChI=1S/C14H12BrF2NO/c1-8(18)11-4-2-9(15)6-13(11)19-14-7-10(16)3-5-12(14)17/h2-8H,18H2,1H3. The number of halogens is 3. The highest BCUT2D eigenvalue weighted by Crippen LogP contribution is 2.32. The predicted molar refractivity (Wildman–Crippen MR) is 73.2 cm³/mol. The van der Waals surface area contributed by atoms with Gasteiger partial charge in [-0.1, -0.05) is 22.0 Å². The van der Waals surface area contributed by atoms with Crippen molar-refractivity contribution in [2.24, 2.45) is 5.73 Å². The first-order valence-corrected chi connectivity index (χ1v) is 6.44. The zero-order valence-corrected chi connectivity index (χ0v) is 11.7. The van der Waals surface area contributed by atoms with E-state index in [0.717, 1.165) is 22.7 Å². The third kappa shape index (κ3) is 3.30. The van der Waals surface area contributed by atoms with Gasteiger partial charge in [-0.3, -0.25) is 0 Å². The van der Waals surface area contributed by atoms with Crippen molar-refractivity contribution < 1.29 is 13.5 Å². The van der Waals surface area contributed by atoms with E-state index >= 15 is 0 Å². The third-order valence-electron chi connectivity index (χ3n) is 2.58. The highest BCUT2D eigenvalue weighted by Gasteiger charge is 2.12. The molecular weight excluding hydrogens is 316 g/mol. The maximum absolute atomic E-state index is 13.6. The maximum Gasteiger partial charge on any atom is 0.165 e. The molecule has 0 spiro atoms. The van der Waals surface area contributed by atoms with Crippen LogP contribution in [0.15, 0.2) is 40.9 Å². The molecule has 19 heavy (non-hydrogen) atoms. The summed E-state index contributed by atoms with van der Waals surface area (Å²) in [6, 6.07) is 8.04. The normalized spacial score (nSPS) is 12.3. The lowest BCUT2D eigenvalue weighted by atomic mass is 10.1. The van der Waals surface area contributed by atoms with E-state index in [0.29, 0.717) is 11.3 Å². The van der Waals surface area contributed by atoms with Crippen LogP contribution in [0.4, 0.5) is 8.78 Å². The second kappa shape index (κ2) is 5.67. The molecule has 2 rings (SSSR count). The largest absolute Gasteiger partial charge is 0.454 e. The zero-order chi connectivity index (χ0) is 14.0. The molecule has 2 nitrogen and oxygen atoms in total. The Morgan fingerprint density at radius 3 is 2.53 bits per heavy atom. The Labute approximate surface area is 118 Å². The molecule has 100 valence electrons. The minimum atomic E-state index is -0.628. The summed E-state index contributed by atoms with van der Waals surface area (Å²) in [7, 11) is 0. The van der Waals surface area contributed by atoms with Gasteiger partial charge in [0.05, 0.1) is 0 Å². The first kappa shape index (κ1) is 14.0. The van der Waals surface area contributed by atoms with Crippen LogP contribution in [-0.2, 0) is 0 Å². The van der Waals surface area contributed by atoms with Crippen LogP contribution in [0.25, 0.3) is 0 Å². The van der Waals surface area contributed by atoms with Gasteiger partial charge in [-0.2, -0.15) is 0 Å². The van der Waals surface area contributed by atoms with Crippen LogP contribution >= 0.6 is 15.9 Å². The van der Waals surface area contributed by atoms with Crippen LogP contribution in [0.3, 0.4) is 0 Å². The van der Waals surface area contributed by atoms with E-state index in [1.165, 1.54) is 0 Å². The van der Waals surface area contributed by atoms with Crippen molar-refractivity contribution in [1.29, 1.82) is 0 Å². The van der Waals surface area contributed by atoms with Crippen LogP contribution < -0.4 is 10.5 Å². The van der Waals surface area contributed by atoms with E-state index in [2.05, 4.69) is 15.9 Å². The molecule has 0 aliphatic heterocycles. The Kier molecular flexibility index (Phi) is 4.17. The van der Waals surface area contributed by atoms with Crippen molar-refractivity contribution in [3.63, 3.8) is 0 Å². The quantitative estimate of drug-likeness (QED) is 0.898. The first-order valence-electron chi connectivity index (χ1n) is 5.65. The van der Waals surface area contributed by atoms with Crippen molar-refractivity contribution in [2.75, 3.05) is 0 Å². The van der Waals surface area contributed by atoms with Crippen LogP contribution in [0, 0.1) is 11.6 Å². The molecule has 0 aliphatic rings. The van der Waals surface area contributed by atoms with Gasteiger partial charge < -0.3 is 10.5 Å². The molecule has 0 heterocycles. The summed E-state index contributed by atoms with van der Waals surface area (Å²) in [5.74, 6) is -0.959. The number of hydrogen-bond donors (Lipinski definition) is 1. The van der Waals surface area contributed by atoms with E-state index in [1.54, 1.807) is 19.1 Å². The summed E-state index contributed by atoms with van der Waals surface area (Å²) in [6.07, 6.45) is 0. The Balaban J connectivity index is 2.42. The Bertz CT molecular complexity index is 602. The highest BCUT2D eigenvalue weighted by molar-refractivity contribution is 9.10. The summed E-state index contributed by atoms with van der Waals surface area (Å²) in [5, 5.41) is 0. The number of ether oxygens (including phenoxy) is 1. The molecule has 0 aromatic heterocycles. The van der Waals surface area contributed by atoms with Gasteiger partial charge in [0.1, 0.15) is 11.6 Å². The Hall–Kier alpha value is -1.46. The number of hydrogen-bond acceptors (Lipinski definition) is 2. The lowest BCUT2D eigenvalue weighted by Gasteiger charge is -2.14. The molecule has 1 atom stereocenters. The fourth-order valence-electron chi connectivity index (χ4n) is 1.65. The molecule has 0 saturated heterocycles. The van der Waals surface area contributed by atoms with Gasteiger partial charge in [0.2, 0.25) is 0 Å². The molecular formula is C14H12BrF2NO. The lowest BCUT2D eigenvalue weighted by molar-refractivity contribution is 0.429. The molecule has 1 unspecified atom stereocenters. The molecule has 0 saturated carbocycles. The first-order chi connectivity index (χ1) is 8.97. The predicted octanol–water partition coefficient (Wildman–Crippen LogP) is 4.54. The van der Waals surface area contributed by atoms with Gasteiger partial charge in [0.15, 0.2) is 11.6 Å². The molecule has 2 aromatic carbocycles. The van der Waals surface area contributed by atoms with Crippen molar-refractivity contribution in [3.05, 3.63) is 58.1 Å². The van der Waals surface area contributed by atoms with Crippen molar-refractivity contribution in [2.45, 2.75) is 13.0 Å². The Morgan fingerprint density at radius 1 is 1.11 bits per heavy atom. The molecule has 0 bridgehead atoms. The molecule has 5 heteroatoms. The van der Waals surface area contributed by atoms with Gasteiger partial charge in [-0.25, -0.2) is 8.78 Å². The number of nitrogens with two attached hydrogens (primary N) is 1. The molecule has 0 aliphatic carbocycles. The van der Waals surface area contributed by atoms with Crippen LogP contribution in [0.1, 0.15) is 18.5 Å². The van der Waals surface area contributed by atoms with Crippen molar-refractivity contribution in [3.8, 4) is 11.5 Å². The van der Waals surface area contributed by atoms with E-state index < -0.39 is 11.6 Å². The third-order valence-corrected chi connectivity index (χ3v) is 3.07. The van der Waals surface area contributed by atoms with Crippen LogP contribution in [0.2, 0.25) is 0 Å². The van der Waals surface area contributed by atoms with E-state index in [4.69, 9.17) is 10.5 Å². The smallest absolute Gasteiger partial charge is 0.165 e. The molecule has 2 N–H and O–H groups in total. The summed E-state index contributed by atoms with van der Waals surface area (Å²) in [5.41, 5.74) is 6.54. The average Bonchev–Trinajstić information content (AvgIpc) is 2.33. The minimum absolute atomic E-state index is 0.167. The summed E-state index contributed by atoms with van der Waals surface area (Å²) in [6.45, 7) is 1.79. The van der Waals surface area contributed by atoms with Gasteiger partial charge in [-0.05, 0) is 31.2 Å². The molecule has 2 aromatic rings. The fourth-order valence-corrected chi connectivity index (χ4v) is 1.99. The van der Waals surface area contributed by atoms with Gasteiger partial charge >= 0.3 is 0 Å². The monoisotopic (exact) mass is 327 g/mol. The molecule has 0 radical (unpaired) electrons. The van der Waals surface area contributed by atoms with E-state index in [9.17, 15) is 8.78 Å². The van der Waals surface area contributed by atoms with Gasteiger partial charge in [-0.15, -0.1) is 0 Å². The van der Waals surface area contributed by atoms with E-state index in [1.807, 2.05) is 6.07 Å². The van der Waals surface area contributed by atoms with E-state index in [-0.39, 0.29) is 11.8 Å². The highest BCUT2D eigenvalue weighted by atomic mass is 79.9. The number of benzene rings is 2. The molecule has 0 fully saturated rings. The summed E-state index contributed by atoms with van der Waals surface area (Å²) < 4.78 is 32.9. The summed E-state index contributed by atoms with van der Waals surface area (Å²) >= 11 is 3.30. The minimum Gasteiger partial charge on any atom is -0.454 e. The van der Waals surface area contributed by atoms with Crippen molar-refractivity contribution >= 4 is 15.9 Å². The average molecular weight is 328 g/mol. The van der Waals surface area contributed by atoms with Crippen molar-refractivity contribution in [1.82, 2.24) is 0 Å². The second-order valence-electron chi connectivity index (χ2n) is 4.15. The SMILES string of the molecule is CC(N)c1ccc(Br)cc1Oc1cc(F)ccc1F.